The monoisotopic (exact) mass is 266 g/mol. The van der Waals surface area contributed by atoms with E-state index in [9.17, 15) is 0 Å². The molecule has 2 rings (SSSR count). The molecule has 1 heterocycles. The third-order valence-corrected chi connectivity index (χ3v) is 5.22. The lowest BCUT2D eigenvalue weighted by molar-refractivity contribution is 0.0156. The van der Waals surface area contributed by atoms with Crippen LogP contribution in [0.15, 0.2) is 0 Å². The summed E-state index contributed by atoms with van der Waals surface area (Å²) in [6.45, 7) is 15.7. The molecule has 1 saturated heterocycles. The maximum Gasteiger partial charge on any atom is 0.0254 e. The van der Waals surface area contributed by atoms with E-state index in [2.05, 4.69) is 44.8 Å². The molecule has 1 aliphatic carbocycles. The van der Waals surface area contributed by atoms with Gasteiger partial charge in [-0.05, 0) is 56.0 Å². The van der Waals surface area contributed by atoms with Crippen molar-refractivity contribution in [3.8, 4) is 0 Å². The van der Waals surface area contributed by atoms with Gasteiger partial charge in [-0.3, -0.25) is 4.90 Å². The topological polar surface area (TPSA) is 15.3 Å². The number of nitrogens with one attached hydrogen (secondary N) is 1. The summed E-state index contributed by atoms with van der Waals surface area (Å²) in [4.78, 5) is 2.80. The van der Waals surface area contributed by atoms with Gasteiger partial charge in [0.05, 0.1) is 0 Å². The van der Waals surface area contributed by atoms with Gasteiger partial charge in [-0.25, -0.2) is 0 Å². The summed E-state index contributed by atoms with van der Waals surface area (Å²) in [6.07, 6.45) is 6.86. The molecule has 1 saturated carbocycles. The summed E-state index contributed by atoms with van der Waals surface area (Å²) in [5.74, 6) is 0. The molecule has 19 heavy (non-hydrogen) atoms. The Kier molecular flexibility index (Phi) is 4.62. The average Bonchev–Trinajstić information content (AvgIpc) is 2.30. The van der Waals surface area contributed by atoms with Crippen LogP contribution >= 0.6 is 0 Å². The van der Waals surface area contributed by atoms with Gasteiger partial charge in [0.15, 0.2) is 0 Å². The van der Waals surface area contributed by atoms with Crippen LogP contribution in [0.3, 0.4) is 0 Å². The first kappa shape index (κ1) is 15.3. The van der Waals surface area contributed by atoms with Gasteiger partial charge in [0.1, 0.15) is 0 Å². The summed E-state index contributed by atoms with van der Waals surface area (Å²) >= 11 is 0. The second-order valence-corrected chi connectivity index (χ2v) is 8.38. The standard InChI is InChI=1S/C17H34N2/c1-6-18-14-8-10-16(2,3)12-15(14)19-11-7-9-17(4,5)13-19/h14-15,18H,6-13H2,1-5H3. The van der Waals surface area contributed by atoms with Crippen molar-refractivity contribution in [1.29, 1.82) is 0 Å². The Morgan fingerprint density at radius 3 is 2.47 bits per heavy atom. The van der Waals surface area contributed by atoms with E-state index in [0.717, 1.165) is 12.6 Å². The first-order valence-corrected chi connectivity index (χ1v) is 8.30. The lowest BCUT2D eigenvalue weighted by Crippen LogP contribution is -2.57. The minimum Gasteiger partial charge on any atom is -0.313 e. The average molecular weight is 266 g/mol. The molecule has 0 aromatic carbocycles. The van der Waals surface area contributed by atoms with E-state index in [-0.39, 0.29) is 0 Å². The summed E-state index contributed by atoms with van der Waals surface area (Å²) in [7, 11) is 0. The van der Waals surface area contributed by atoms with Crippen LogP contribution in [-0.4, -0.2) is 36.6 Å². The number of piperidine rings is 1. The number of hydrogen-bond acceptors (Lipinski definition) is 2. The molecule has 2 atom stereocenters. The van der Waals surface area contributed by atoms with Gasteiger partial charge in [-0.1, -0.05) is 34.6 Å². The smallest absolute Gasteiger partial charge is 0.0254 e. The highest BCUT2D eigenvalue weighted by Crippen LogP contribution is 2.40. The maximum absolute atomic E-state index is 3.76. The molecule has 2 nitrogen and oxygen atoms in total. The molecule has 2 fully saturated rings. The molecule has 2 unspecified atom stereocenters. The van der Waals surface area contributed by atoms with Crippen LogP contribution in [0.2, 0.25) is 0 Å². The van der Waals surface area contributed by atoms with Crippen molar-refractivity contribution < 1.29 is 0 Å². The van der Waals surface area contributed by atoms with E-state index in [1.165, 1.54) is 45.2 Å². The van der Waals surface area contributed by atoms with Gasteiger partial charge in [-0.2, -0.15) is 0 Å². The number of likely N-dealkylation sites (tertiary alicyclic amines) is 1. The Bertz CT molecular complexity index is 296. The molecule has 2 aliphatic rings. The first-order chi connectivity index (χ1) is 8.83. The minimum absolute atomic E-state index is 0.511. The Morgan fingerprint density at radius 2 is 1.84 bits per heavy atom. The van der Waals surface area contributed by atoms with Crippen LogP contribution in [0.5, 0.6) is 0 Å². The molecular weight excluding hydrogens is 232 g/mol. The molecule has 0 aromatic rings. The Hall–Kier alpha value is -0.0800. The van der Waals surface area contributed by atoms with Crippen molar-refractivity contribution in [3.63, 3.8) is 0 Å². The second kappa shape index (κ2) is 5.73. The highest BCUT2D eigenvalue weighted by Gasteiger charge is 2.40. The van der Waals surface area contributed by atoms with Gasteiger partial charge < -0.3 is 5.32 Å². The van der Waals surface area contributed by atoms with Gasteiger partial charge in [0, 0.05) is 18.6 Å². The van der Waals surface area contributed by atoms with Crippen LogP contribution in [-0.2, 0) is 0 Å². The van der Waals surface area contributed by atoms with Gasteiger partial charge in [0.25, 0.3) is 0 Å². The van der Waals surface area contributed by atoms with Gasteiger partial charge in [0.2, 0.25) is 0 Å². The molecule has 1 N–H and O–H groups in total. The zero-order chi connectivity index (χ0) is 14.1. The lowest BCUT2D eigenvalue weighted by atomic mass is 9.71. The molecule has 0 spiro atoms. The summed E-state index contributed by atoms with van der Waals surface area (Å²) in [5.41, 5.74) is 1.04. The van der Waals surface area contributed by atoms with E-state index in [1.807, 2.05) is 0 Å². The Labute approximate surface area is 120 Å². The fourth-order valence-corrected chi connectivity index (χ4v) is 4.18. The zero-order valence-corrected chi connectivity index (χ0v) is 13.8. The molecule has 0 radical (unpaired) electrons. The highest BCUT2D eigenvalue weighted by molar-refractivity contribution is 4.96. The van der Waals surface area contributed by atoms with E-state index in [4.69, 9.17) is 0 Å². The van der Waals surface area contributed by atoms with E-state index < -0.39 is 0 Å². The maximum atomic E-state index is 3.76. The van der Waals surface area contributed by atoms with Crippen LogP contribution in [0, 0.1) is 10.8 Å². The quantitative estimate of drug-likeness (QED) is 0.838. The van der Waals surface area contributed by atoms with Crippen molar-refractivity contribution in [2.45, 2.75) is 78.8 Å². The normalized spacial score (nSPS) is 35.2. The molecule has 112 valence electrons. The largest absolute Gasteiger partial charge is 0.313 e. The van der Waals surface area contributed by atoms with E-state index in [0.29, 0.717) is 16.9 Å². The van der Waals surface area contributed by atoms with Crippen LogP contribution in [0.25, 0.3) is 0 Å². The summed E-state index contributed by atoms with van der Waals surface area (Å²) in [6, 6.07) is 1.47. The molecular formula is C17H34N2. The van der Waals surface area contributed by atoms with Crippen LogP contribution < -0.4 is 5.32 Å². The van der Waals surface area contributed by atoms with Crippen molar-refractivity contribution in [1.82, 2.24) is 10.2 Å². The zero-order valence-electron chi connectivity index (χ0n) is 13.8. The first-order valence-electron chi connectivity index (χ1n) is 8.30. The molecule has 2 heteroatoms. The fraction of sp³-hybridized carbons (Fsp3) is 1.00. The molecule has 0 amide bonds. The van der Waals surface area contributed by atoms with Crippen LogP contribution in [0.4, 0.5) is 0 Å². The van der Waals surface area contributed by atoms with Crippen LogP contribution in [0.1, 0.15) is 66.7 Å². The summed E-state index contributed by atoms with van der Waals surface area (Å²) < 4.78 is 0. The van der Waals surface area contributed by atoms with E-state index >= 15 is 0 Å². The number of hydrogen-bond donors (Lipinski definition) is 1. The van der Waals surface area contributed by atoms with E-state index in [1.54, 1.807) is 0 Å². The van der Waals surface area contributed by atoms with Gasteiger partial charge >= 0.3 is 0 Å². The third kappa shape index (κ3) is 3.95. The van der Waals surface area contributed by atoms with Crippen molar-refractivity contribution >= 4 is 0 Å². The molecule has 1 aliphatic heterocycles. The summed E-state index contributed by atoms with van der Waals surface area (Å²) in [5, 5.41) is 3.76. The minimum atomic E-state index is 0.511. The Balaban J connectivity index is 2.08. The number of likely N-dealkylation sites (N-methyl/N-ethyl adjacent to an activating group) is 1. The SMILES string of the molecule is CCNC1CCC(C)(C)CC1N1CCCC(C)(C)C1. The number of rotatable bonds is 3. The molecule has 0 bridgehead atoms. The van der Waals surface area contributed by atoms with Crippen molar-refractivity contribution in [2.75, 3.05) is 19.6 Å². The fourth-order valence-electron chi connectivity index (χ4n) is 4.18. The third-order valence-electron chi connectivity index (χ3n) is 5.22. The highest BCUT2D eigenvalue weighted by atomic mass is 15.2. The molecule has 0 aromatic heterocycles. The predicted octanol–water partition coefficient (Wildman–Crippen LogP) is 3.67. The van der Waals surface area contributed by atoms with Crippen molar-refractivity contribution in [3.05, 3.63) is 0 Å². The van der Waals surface area contributed by atoms with Crippen molar-refractivity contribution in [2.24, 2.45) is 10.8 Å². The lowest BCUT2D eigenvalue weighted by Gasteiger charge is -2.50. The van der Waals surface area contributed by atoms with Gasteiger partial charge in [-0.15, -0.1) is 0 Å². The Morgan fingerprint density at radius 1 is 1.11 bits per heavy atom. The number of nitrogens with zero attached hydrogens (tertiary/aromatic N) is 1. The second-order valence-electron chi connectivity index (χ2n) is 8.38. The predicted molar refractivity (Wildman–Crippen MR) is 83.5 cm³/mol.